The van der Waals surface area contributed by atoms with Crippen LogP contribution in [0.25, 0.3) is 60.7 Å². The number of nitrogens with zero attached hydrogens (tertiary/aromatic N) is 4. The van der Waals surface area contributed by atoms with Gasteiger partial charge in [0.25, 0.3) is 0 Å². The fourth-order valence-electron chi connectivity index (χ4n) is 7.44. The quantitative estimate of drug-likeness (QED) is 0.192. The van der Waals surface area contributed by atoms with Gasteiger partial charge in [0.2, 0.25) is 0 Å². The molecule has 0 atom stereocenters. The third-order valence-corrected chi connectivity index (χ3v) is 9.42. The van der Waals surface area contributed by atoms with Crippen LogP contribution in [0.3, 0.4) is 0 Å². The lowest BCUT2D eigenvalue weighted by Crippen LogP contribution is -2.09. The molecule has 1 aliphatic rings. The first kappa shape index (κ1) is 27.3. The fraction of sp³-hybridized carbons (Fsp3) is 0.0698. The van der Waals surface area contributed by atoms with Gasteiger partial charge in [0.15, 0.2) is 0 Å². The number of aliphatic imine (C=N–C) groups is 2. The summed E-state index contributed by atoms with van der Waals surface area (Å²) in [4.78, 5) is 10.4. The zero-order valence-electron chi connectivity index (χ0n) is 26.4. The summed E-state index contributed by atoms with van der Waals surface area (Å²) < 4.78 is 4.77. The van der Waals surface area contributed by atoms with E-state index in [1.165, 1.54) is 49.2 Å². The number of fused-ring (bicyclic) bond motifs is 6. The summed E-state index contributed by atoms with van der Waals surface area (Å²) in [5.74, 6) is 0.751. The molecule has 9 rings (SSSR count). The van der Waals surface area contributed by atoms with Gasteiger partial charge in [0.05, 0.1) is 44.9 Å². The van der Waals surface area contributed by atoms with E-state index in [4.69, 9.17) is 9.98 Å². The lowest BCUT2D eigenvalue weighted by atomic mass is 9.97. The Morgan fingerprint density at radius 2 is 0.809 bits per heavy atom. The van der Waals surface area contributed by atoms with E-state index in [0.29, 0.717) is 6.42 Å². The zero-order valence-corrected chi connectivity index (χ0v) is 26.4. The minimum atomic E-state index is 0.686. The van der Waals surface area contributed by atoms with Crippen LogP contribution < -0.4 is 0 Å². The van der Waals surface area contributed by atoms with E-state index >= 15 is 0 Å². The van der Waals surface area contributed by atoms with Gasteiger partial charge in [-0.25, -0.2) is 9.98 Å². The van der Waals surface area contributed by atoms with Gasteiger partial charge in [-0.3, -0.25) is 0 Å². The summed E-state index contributed by atoms with van der Waals surface area (Å²) in [5, 5.41) is 4.99. The Hall–Kier alpha value is -6.00. The van der Waals surface area contributed by atoms with Gasteiger partial charge in [-0.1, -0.05) is 109 Å². The molecule has 0 aliphatic carbocycles. The van der Waals surface area contributed by atoms with E-state index in [1.54, 1.807) is 0 Å². The highest BCUT2D eigenvalue weighted by molar-refractivity contribution is 6.15. The molecule has 0 saturated carbocycles. The van der Waals surface area contributed by atoms with Crippen LogP contribution in [0, 0.1) is 0 Å². The predicted molar refractivity (Wildman–Crippen MR) is 198 cm³/mol. The van der Waals surface area contributed by atoms with E-state index in [1.807, 2.05) is 6.92 Å². The number of amidine groups is 1. The Morgan fingerprint density at radius 3 is 1.30 bits per heavy atom. The normalized spacial score (nSPS) is 13.8. The lowest BCUT2D eigenvalue weighted by molar-refractivity contribution is 1.15. The van der Waals surface area contributed by atoms with Crippen LogP contribution in [0.4, 0.5) is 0 Å². The molecular weight excluding hydrogens is 573 g/mol. The molecule has 0 unspecified atom stereocenters. The molecule has 0 fully saturated rings. The average molecular weight is 605 g/mol. The van der Waals surface area contributed by atoms with Crippen LogP contribution in [0.5, 0.6) is 0 Å². The number of benzene rings is 6. The number of aromatic nitrogens is 2. The molecule has 8 aromatic rings. The van der Waals surface area contributed by atoms with E-state index in [-0.39, 0.29) is 0 Å². The highest BCUT2D eigenvalue weighted by Crippen LogP contribution is 2.38. The summed E-state index contributed by atoms with van der Waals surface area (Å²) >= 11 is 0. The van der Waals surface area contributed by atoms with Crippen LogP contribution >= 0.6 is 0 Å². The van der Waals surface area contributed by atoms with Gasteiger partial charge < -0.3 is 9.13 Å². The SMILES string of the molecule is CC1=NC(c2ccccc2-n2c3ccccc3c3ccccc32)=C(C)CC(c2ccccc2-n2c3ccccc3c3ccccc32)=N1. The Labute approximate surface area is 273 Å². The minimum absolute atomic E-state index is 0.686. The smallest absolute Gasteiger partial charge is 0.126 e. The van der Waals surface area contributed by atoms with E-state index in [0.717, 1.165) is 39.7 Å². The topological polar surface area (TPSA) is 34.6 Å². The molecule has 0 bridgehead atoms. The molecule has 1 aliphatic heterocycles. The monoisotopic (exact) mass is 604 g/mol. The Morgan fingerprint density at radius 1 is 0.426 bits per heavy atom. The maximum absolute atomic E-state index is 5.21. The molecule has 224 valence electrons. The third kappa shape index (κ3) is 4.29. The molecule has 0 saturated heterocycles. The van der Waals surface area contributed by atoms with Gasteiger partial charge in [-0.2, -0.15) is 0 Å². The molecular formula is C43H32N4. The van der Waals surface area contributed by atoms with Crippen molar-refractivity contribution in [1.29, 1.82) is 0 Å². The van der Waals surface area contributed by atoms with Crippen molar-refractivity contribution in [3.8, 4) is 11.4 Å². The van der Waals surface area contributed by atoms with Crippen molar-refractivity contribution in [1.82, 2.24) is 9.13 Å². The molecule has 47 heavy (non-hydrogen) atoms. The first-order valence-corrected chi connectivity index (χ1v) is 16.2. The Balaban J connectivity index is 1.21. The van der Waals surface area contributed by atoms with Gasteiger partial charge in [-0.05, 0) is 55.8 Å². The Kier molecular flexibility index (Phi) is 6.29. The molecule has 3 heterocycles. The molecule has 0 N–H and O–H groups in total. The summed E-state index contributed by atoms with van der Waals surface area (Å²) in [6.45, 7) is 4.23. The van der Waals surface area contributed by atoms with Crippen molar-refractivity contribution in [3.63, 3.8) is 0 Å². The van der Waals surface area contributed by atoms with Crippen molar-refractivity contribution in [2.75, 3.05) is 0 Å². The van der Waals surface area contributed by atoms with Crippen LogP contribution in [0.1, 0.15) is 31.4 Å². The molecule has 0 radical (unpaired) electrons. The first-order chi connectivity index (χ1) is 23.2. The second-order valence-corrected chi connectivity index (χ2v) is 12.3. The van der Waals surface area contributed by atoms with E-state index < -0.39 is 0 Å². The first-order valence-electron chi connectivity index (χ1n) is 16.2. The average Bonchev–Trinajstić information content (AvgIpc) is 3.58. The molecule has 4 nitrogen and oxygen atoms in total. The van der Waals surface area contributed by atoms with Crippen molar-refractivity contribution >= 4 is 60.9 Å². The van der Waals surface area contributed by atoms with Crippen LogP contribution in [-0.4, -0.2) is 20.7 Å². The van der Waals surface area contributed by atoms with Crippen LogP contribution in [-0.2, 0) is 0 Å². The summed E-state index contributed by atoms with van der Waals surface area (Å²) in [6, 6.07) is 51.9. The third-order valence-electron chi connectivity index (χ3n) is 9.42. The molecule has 6 aromatic carbocycles. The molecule has 0 amide bonds. The van der Waals surface area contributed by atoms with Crippen molar-refractivity contribution in [3.05, 3.63) is 162 Å². The van der Waals surface area contributed by atoms with Crippen molar-refractivity contribution in [2.45, 2.75) is 20.3 Å². The van der Waals surface area contributed by atoms with Gasteiger partial charge >= 0.3 is 0 Å². The lowest BCUT2D eigenvalue weighted by Gasteiger charge is -2.17. The van der Waals surface area contributed by atoms with Crippen LogP contribution in [0.2, 0.25) is 0 Å². The van der Waals surface area contributed by atoms with Gasteiger partial charge in [-0.15, -0.1) is 0 Å². The highest BCUT2D eigenvalue weighted by Gasteiger charge is 2.22. The molecule has 0 spiro atoms. The van der Waals surface area contributed by atoms with E-state index in [2.05, 4.69) is 162 Å². The van der Waals surface area contributed by atoms with Gasteiger partial charge in [0.1, 0.15) is 5.84 Å². The predicted octanol–water partition coefficient (Wildman–Crippen LogP) is 10.9. The zero-order chi connectivity index (χ0) is 31.5. The Bertz CT molecular complexity index is 2520. The number of allylic oxidation sites excluding steroid dienone is 1. The number of para-hydroxylation sites is 6. The second kappa shape index (κ2) is 10.8. The number of hydrogen-bond donors (Lipinski definition) is 0. The largest absolute Gasteiger partial charge is 0.309 e. The highest BCUT2D eigenvalue weighted by atomic mass is 15.0. The summed E-state index contributed by atoms with van der Waals surface area (Å²) in [5.41, 5.74) is 12.4. The maximum Gasteiger partial charge on any atom is 0.126 e. The number of hydrogen-bond acceptors (Lipinski definition) is 2. The molecule has 4 heteroatoms. The van der Waals surface area contributed by atoms with Crippen LogP contribution in [0.15, 0.2) is 161 Å². The standard InChI is InChI=1S/C43H32N4/c1-28-27-36(34-19-7-13-25-41(34)46-37-21-9-3-15-30(37)31-16-4-10-22-38(31)46)44-29(2)45-43(28)35-20-8-14-26-42(35)47-39-23-11-5-17-32(39)33-18-6-12-24-40(33)47/h3-26H,27H2,1-2H3. The summed E-state index contributed by atoms with van der Waals surface area (Å²) in [6.07, 6.45) is 0.686. The van der Waals surface area contributed by atoms with E-state index in [9.17, 15) is 0 Å². The molecule has 2 aromatic heterocycles. The fourth-order valence-corrected chi connectivity index (χ4v) is 7.44. The van der Waals surface area contributed by atoms with Crippen molar-refractivity contribution < 1.29 is 0 Å². The van der Waals surface area contributed by atoms with Crippen molar-refractivity contribution in [2.24, 2.45) is 9.98 Å². The number of rotatable bonds is 4. The maximum atomic E-state index is 5.21. The summed E-state index contributed by atoms with van der Waals surface area (Å²) in [7, 11) is 0. The minimum Gasteiger partial charge on any atom is -0.309 e. The second-order valence-electron chi connectivity index (χ2n) is 12.3. The van der Waals surface area contributed by atoms with Gasteiger partial charge in [0, 0.05) is 39.1 Å².